The lowest BCUT2D eigenvalue weighted by molar-refractivity contribution is 0.592. The molecule has 0 amide bonds. The fraction of sp³-hybridized carbons (Fsp3) is 0. The molecule has 0 atom stereocenters. The van der Waals surface area contributed by atoms with Crippen LogP contribution in [0, 0.1) is 0 Å². The minimum atomic E-state index is -3.03. The second kappa shape index (κ2) is 12.6. The number of nitrogens with zero attached hydrogens (tertiary/aromatic N) is 1. The van der Waals surface area contributed by atoms with E-state index in [4.69, 9.17) is 9.40 Å². The lowest BCUT2D eigenvalue weighted by atomic mass is 9.96. The van der Waals surface area contributed by atoms with Crippen molar-refractivity contribution in [1.82, 2.24) is 4.98 Å². The van der Waals surface area contributed by atoms with Crippen LogP contribution in [0.1, 0.15) is 0 Å². The Morgan fingerprint density at radius 1 is 0.434 bits per heavy atom. The van der Waals surface area contributed by atoms with Crippen LogP contribution in [0.5, 0.6) is 0 Å². The highest BCUT2D eigenvalue weighted by atomic mass is 31.2. The SMILES string of the molecule is O=P(c1ccccc1)(c1ccccc1)c1ccc(-c2ccc(-c3ccc4nc(-c5cccc6ccccc56)c5oc6ccccc6c5c4c3)cc2)cc1. The Kier molecular flexibility index (Phi) is 7.42. The van der Waals surface area contributed by atoms with Gasteiger partial charge in [0, 0.05) is 37.6 Å². The molecule has 0 saturated heterocycles. The minimum absolute atomic E-state index is 0.801. The van der Waals surface area contributed by atoms with Crippen molar-refractivity contribution < 1.29 is 8.98 Å². The van der Waals surface area contributed by atoms with Gasteiger partial charge < -0.3 is 8.98 Å². The largest absolute Gasteiger partial charge is 0.454 e. The summed E-state index contributed by atoms with van der Waals surface area (Å²) in [6.07, 6.45) is 0. The quantitative estimate of drug-likeness (QED) is 0.162. The van der Waals surface area contributed by atoms with Gasteiger partial charge in [-0.3, -0.25) is 0 Å². The third kappa shape index (κ3) is 5.20. The molecule has 4 heteroatoms. The van der Waals surface area contributed by atoms with E-state index in [1.165, 1.54) is 5.39 Å². The molecule has 0 aliphatic rings. The van der Waals surface area contributed by atoms with Gasteiger partial charge in [0.15, 0.2) is 12.7 Å². The van der Waals surface area contributed by atoms with Gasteiger partial charge >= 0.3 is 0 Å². The predicted octanol–water partition coefficient (Wildman–Crippen LogP) is 11.9. The average Bonchev–Trinajstić information content (AvgIpc) is 3.64. The molecule has 0 spiro atoms. The molecule has 3 nitrogen and oxygen atoms in total. The Morgan fingerprint density at radius 3 is 1.66 bits per heavy atom. The summed E-state index contributed by atoms with van der Waals surface area (Å²) in [5.41, 5.74) is 8.88. The molecule has 0 saturated carbocycles. The number of aromatic nitrogens is 1. The first-order valence-electron chi connectivity index (χ1n) is 17.8. The van der Waals surface area contributed by atoms with Gasteiger partial charge in [-0.2, -0.15) is 0 Å². The maximum absolute atomic E-state index is 14.8. The molecule has 2 heterocycles. The second-order valence-corrected chi connectivity index (χ2v) is 16.2. The zero-order valence-electron chi connectivity index (χ0n) is 28.7. The number of para-hydroxylation sites is 1. The molecule has 0 unspecified atom stereocenters. The third-order valence-corrected chi connectivity index (χ3v) is 13.5. The molecule has 10 aromatic rings. The lowest BCUT2D eigenvalue weighted by Crippen LogP contribution is -2.24. The van der Waals surface area contributed by atoms with Crippen LogP contribution in [0.2, 0.25) is 0 Å². The zero-order valence-corrected chi connectivity index (χ0v) is 29.6. The first-order valence-corrected chi connectivity index (χ1v) is 19.5. The molecular formula is C49H32NO2P. The van der Waals surface area contributed by atoms with E-state index in [-0.39, 0.29) is 0 Å². The molecule has 250 valence electrons. The van der Waals surface area contributed by atoms with Crippen molar-refractivity contribution in [2.45, 2.75) is 0 Å². The first kappa shape index (κ1) is 31.2. The van der Waals surface area contributed by atoms with Gasteiger partial charge in [-0.1, -0.05) is 176 Å². The van der Waals surface area contributed by atoms with Crippen LogP contribution in [0.25, 0.3) is 77.1 Å². The summed E-state index contributed by atoms with van der Waals surface area (Å²) in [6, 6.07) is 66.1. The van der Waals surface area contributed by atoms with E-state index in [0.717, 1.165) is 87.7 Å². The number of hydrogen-bond donors (Lipinski definition) is 0. The number of pyridine rings is 1. The monoisotopic (exact) mass is 697 g/mol. The molecule has 0 bridgehead atoms. The molecule has 2 aromatic heterocycles. The van der Waals surface area contributed by atoms with E-state index in [1.54, 1.807) is 0 Å². The van der Waals surface area contributed by atoms with Gasteiger partial charge in [-0.25, -0.2) is 4.98 Å². The van der Waals surface area contributed by atoms with Crippen molar-refractivity contribution in [1.29, 1.82) is 0 Å². The summed E-state index contributed by atoms with van der Waals surface area (Å²) >= 11 is 0. The smallest absolute Gasteiger partial charge is 0.171 e. The van der Waals surface area contributed by atoms with Crippen LogP contribution in [0.3, 0.4) is 0 Å². The number of furan rings is 1. The first-order chi connectivity index (χ1) is 26.1. The minimum Gasteiger partial charge on any atom is -0.454 e. The zero-order chi connectivity index (χ0) is 35.4. The Morgan fingerprint density at radius 2 is 0.962 bits per heavy atom. The van der Waals surface area contributed by atoms with Crippen LogP contribution < -0.4 is 15.9 Å². The Bertz CT molecular complexity index is 2960. The van der Waals surface area contributed by atoms with Crippen molar-refractivity contribution in [2.75, 3.05) is 0 Å². The fourth-order valence-electron chi connectivity index (χ4n) is 7.72. The van der Waals surface area contributed by atoms with E-state index >= 15 is 0 Å². The van der Waals surface area contributed by atoms with Gasteiger partial charge in [-0.05, 0) is 51.2 Å². The number of rotatable bonds is 6. The maximum Gasteiger partial charge on any atom is 0.171 e. The van der Waals surface area contributed by atoms with Crippen molar-refractivity contribution in [3.05, 3.63) is 194 Å². The van der Waals surface area contributed by atoms with Crippen LogP contribution in [-0.4, -0.2) is 4.98 Å². The van der Waals surface area contributed by atoms with Gasteiger partial charge in [0.1, 0.15) is 11.3 Å². The highest BCUT2D eigenvalue weighted by Crippen LogP contribution is 2.44. The van der Waals surface area contributed by atoms with Crippen LogP contribution in [0.4, 0.5) is 0 Å². The second-order valence-electron chi connectivity index (χ2n) is 13.4. The summed E-state index contributed by atoms with van der Waals surface area (Å²) < 4.78 is 21.4. The molecule has 0 radical (unpaired) electrons. The van der Waals surface area contributed by atoms with Crippen molar-refractivity contribution in [3.63, 3.8) is 0 Å². The predicted molar refractivity (Wildman–Crippen MR) is 222 cm³/mol. The number of hydrogen-bond acceptors (Lipinski definition) is 3. The van der Waals surface area contributed by atoms with Gasteiger partial charge in [0.25, 0.3) is 0 Å². The highest BCUT2D eigenvalue weighted by molar-refractivity contribution is 7.85. The van der Waals surface area contributed by atoms with Gasteiger partial charge in [0.2, 0.25) is 0 Å². The normalized spacial score (nSPS) is 11.8. The van der Waals surface area contributed by atoms with Crippen molar-refractivity contribution in [2.24, 2.45) is 0 Å². The summed E-state index contributed by atoms with van der Waals surface area (Å²) in [6.45, 7) is 0. The van der Waals surface area contributed by atoms with E-state index in [0.29, 0.717) is 0 Å². The van der Waals surface area contributed by atoms with Crippen LogP contribution >= 0.6 is 7.14 Å². The highest BCUT2D eigenvalue weighted by Gasteiger charge is 2.29. The fourth-order valence-corrected chi connectivity index (χ4v) is 10.4. The van der Waals surface area contributed by atoms with Crippen LogP contribution in [0.15, 0.2) is 199 Å². The topological polar surface area (TPSA) is 43.1 Å². The number of fused-ring (bicyclic) bond motifs is 6. The van der Waals surface area contributed by atoms with Crippen molar-refractivity contribution in [3.8, 4) is 33.5 Å². The standard InChI is InChI=1S/C49H32NO2P/c51-53(38-14-3-1-4-15-38,39-16-5-2-6-17-39)40-29-26-34(27-30-40)33-22-24-35(25-23-33)37-28-31-45-44(32-37)47-43-19-9-10-21-46(43)52-49(47)48(50-45)42-20-11-13-36-12-7-8-18-41(36)42/h1-32H. The molecular weight excluding hydrogens is 666 g/mol. The summed E-state index contributed by atoms with van der Waals surface area (Å²) in [5, 5.41) is 8.03. The van der Waals surface area contributed by atoms with Gasteiger partial charge in [-0.15, -0.1) is 0 Å². The number of benzene rings is 8. The van der Waals surface area contributed by atoms with Gasteiger partial charge in [0.05, 0.1) is 5.52 Å². The van der Waals surface area contributed by atoms with Crippen LogP contribution in [-0.2, 0) is 4.57 Å². The van der Waals surface area contributed by atoms with E-state index in [1.807, 2.05) is 84.9 Å². The van der Waals surface area contributed by atoms with Crippen molar-refractivity contribution >= 4 is 66.7 Å². The summed E-state index contributed by atoms with van der Waals surface area (Å²) in [5.74, 6) is 0. The Balaban J connectivity index is 1.04. The van der Waals surface area contributed by atoms with E-state index < -0.39 is 7.14 Å². The Hall–Kier alpha value is -6.54. The average molecular weight is 698 g/mol. The molecule has 0 N–H and O–H groups in total. The summed E-state index contributed by atoms with van der Waals surface area (Å²) in [4.78, 5) is 5.26. The lowest BCUT2D eigenvalue weighted by Gasteiger charge is -2.20. The third-order valence-electron chi connectivity index (χ3n) is 10.4. The molecule has 0 fully saturated rings. The van der Waals surface area contributed by atoms with E-state index in [9.17, 15) is 4.57 Å². The molecule has 10 rings (SSSR count). The molecule has 0 aliphatic heterocycles. The molecule has 53 heavy (non-hydrogen) atoms. The Labute approximate surface area is 307 Å². The molecule has 8 aromatic carbocycles. The maximum atomic E-state index is 14.8. The van der Waals surface area contributed by atoms with E-state index in [2.05, 4.69) is 109 Å². The molecule has 0 aliphatic carbocycles. The summed E-state index contributed by atoms with van der Waals surface area (Å²) in [7, 11) is -3.03.